The summed E-state index contributed by atoms with van der Waals surface area (Å²) in [6, 6.07) is 0. The van der Waals surface area contributed by atoms with E-state index in [0.29, 0.717) is 6.42 Å². The van der Waals surface area contributed by atoms with E-state index in [4.69, 9.17) is 4.74 Å². The minimum Gasteiger partial charge on any atom is -0.371 e. The van der Waals surface area contributed by atoms with Crippen molar-refractivity contribution in [2.24, 2.45) is 5.92 Å². The number of carbonyl (C=O) groups excluding carboxylic acids is 2. The van der Waals surface area contributed by atoms with Gasteiger partial charge in [-0.05, 0) is 13.3 Å². The van der Waals surface area contributed by atoms with E-state index >= 15 is 0 Å². The Hall–Kier alpha value is -0.980. The summed E-state index contributed by atoms with van der Waals surface area (Å²) >= 11 is 0. The monoisotopic (exact) mass is 313 g/mol. The molecule has 22 heavy (non-hydrogen) atoms. The molecule has 2 aliphatic rings. The molecule has 0 aliphatic carbocycles. The van der Waals surface area contributed by atoms with Crippen LogP contribution >= 0.6 is 0 Å². The molecule has 4 atom stereocenters. The third kappa shape index (κ3) is 2.28. The van der Waals surface area contributed by atoms with Crippen molar-refractivity contribution in [2.75, 3.05) is 0 Å². The molecule has 2 fully saturated rings. The largest absolute Gasteiger partial charge is 0.371 e. The average molecular weight is 313 g/mol. The number of hydrogen-bond donors (Lipinski definition) is 3. The highest BCUT2D eigenvalue weighted by atomic mass is 16.6. The summed E-state index contributed by atoms with van der Waals surface area (Å²) in [5.74, 6) is -1.91. The molecule has 6 nitrogen and oxygen atoms in total. The molecule has 2 heterocycles. The quantitative estimate of drug-likeness (QED) is 0.500. The topological polar surface area (TPSA) is 95.9 Å². The molecule has 126 valence electrons. The maximum Gasteiger partial charge on any atom is 0.265 e. The minimum atomic E-state index is -2.29. The number of ether oxygens (including phenoxy) is 1. The maximum absolute atomic E-state index is 12.7. The highest BCUT2D eigenvalue weighted by Gasteiger charge is 2.75. The molecule has 0 radical (unpaired) electrons. The molecule has 0 bridgehead atoms. The van der Waals surface area contributed by atoms with Gasteiger partial charge in [-0.25, -0.2) is 0 Å². The minimum absolute atomic E-state index is 0.397. The van der Waals surface area contributed by atoms with Gasteiger partial charge in [0, 0.05) is 5.92 Å². The Balaban J connectivity index is 2.24. The second-order valence-corrected chi connectivity index (χ2v) is 7.07. The van der Waals surface area contributed by atoms with Crippen molar-refractivity contribution in [1.82, 2.24) is 5.32 Å². The standard InChI is InChI=1S/C16H27NO5/c1-5-6-7-8-9-14(4)11(18)15(20)12(22-14)16(21,10(2)3)17-13(15)19/h10,12,20-21H,5-9H2,1-4H3,(H,17,19)/t12-,14-,15-,16+/m0/s1. The smallest absolute Gasteiger partial charge is 0.265 e. The lowest BCUT2D eigenvalue weighted by Gasteiger charge is -2.34. The predicted molar refractivity (Wildman–Crippen MR) is 79.9 cm³/mol. The molecular weight excluding hydrogens is 286 g/mol. The third-order valence-corrected chi connectivity index (χ3v) is 5.03. The zero-order chi connectivity index (χ0) is 16.8. The fourth-order valence-corrected chi connectivity index (χ4v) is 3.40. The summed E-state index contributed by atoms with van der Waals surface area (Å²) in [6.45, 7) is 7.11. The molecule has 0 spiro atoms. The number of amides is 1. The first-order valence-corrected chi connectivity index (χ1v) is 8.13. The summed E-state index contributed by atoms with van der Waals surface area (Å²) in [7, 11) is 0. The Morgan fingerprint density at radius 2 is 1.86 bits per heavy atom. The normalized spacial score (nSPS) is 41.1. The first kappa shape index (κ1) is 17.4. The fraction of sp³-hybridized carbons (Fsp3) is 0.875. The Labute approximate surface area is 131 Å². The van der Waals surface area contributed by atoms with E-state index in [1.165, 1.54) is 0 Å². The van der Waals surface area contributed by atoms with Gasteiger partial charge in [-0.2, -0.15) is 0 Å². The van der Waals surface area contributed by atoms with Crippen molar-refractivity contribution in [3.05, 3.63) is 0 Å². The number of Topliss-reactive ketones (excluding diaryl/α,β-unsaturated/α-hetero) is 1. The summed E-state index contributed by atoms with van der Waals surface area (Å²) in [6.07, 6.45) is 3.05. The van der Waals surface area contributed by atoms with Gasteiger partial charge in [0.15, 0.2) is 11.8 Å². The number of ketones is 1. The predicted octanol–water partition coefficient (Wildman–Crippen LogP) is 0.889. The Kier molecular flexibility index (Phi) is 4.41. The first-order chi connectivity index (χ1) is 10.1. The molecule has 0 saturated carbocycles. The fourth-order valence-electron chi connectivity index (χ4n) is 3.40. The number of nitrogens with one attached hydrogen (secondary N) is 1. The first-order valence-electron chi connectivity index (χ1n) is 8.13. The zero-order valence-electron chi connectivity index (χ0n) is 13.8. The molecule has 0 aromatic carbocycles. The van der Waals surface area contributed by atoms with Crippen LogP contribution in [0.1, 0.15) is 59.8 Å². The second kappa shape index (κ2) is 5.58. The molecule has 3 N–H and O–H groups in total. The molecule has 6 heteroatoms. The van der Waals surface area contributed by atoms with Crippen molar-refractivity contribution in [2.45, 2.75) is 82.8 Å². The van der Waals surface area contributed by atoms with Gasteiger partial charge >= 0.3 is 0 Å². The maximum atomic E-state index is 12.7. The Bertz CT molecular complexity index is 479. The molecule has 2 aliphatic heterocycles. The van der Waals surface area contributed by atoms with Gasteiger partial charge in [-0.3, -0.25) is 9.59 Å². The molecule has 2 saturated heterocycles. The molecule has 1 amide bonds. The van der Waals surface area contributed by atoms with Crippen LogP contribution in [0.3, 0.4) is 0 Å². The third-order valence-electron chi connectivity index (χ3n) is 5.03. The highest BCUT2D eigenvalue weighted by molar-refractivity contribution is 6.16. The molecular formula is C16H27NO5. The van der Waals surface area contributed by atoms with E-state index < -0.39 is 40.6 Å². The highest BCUT2D eigenvalue weighted by Crippen LogP contribution is 2.47. The van der Waals surface area contributed by atoms with Crippen LogP contribution in [-0.2, 0) is 14.3 Å². The van der Waals surface area contributed by atoms with E-state index in [9.17, 15) is 19.8 Å². The zero-order valence-corrected chi connectivity index (χ0v) is 13.8. The van der Waals surface area contributed by atoms with Crippen molar-refractivity contribution in [3.8, 4) is 0 Å². The SMILES string of the molecule is CCCCCC[C@]1(C)O[C@H]2[C@](O)(C(=O)N[C@@]2(O)C(C)C)C1=O. The van der Waals surface area contributed by atoms with Crippen LogP contribution in [0.5, 0.6) is 0 Å². The van der Waals surface area contributed by atoms with E-state index in [1.807, 2.05) is 0 Å². The van der Waals surface area contributed by atoms with Crippen LogP contribution in [0.2, 0.25) is 0 Å². The van der Waals surface area contributed by atoms with Gasteiger partial charge in [-0.1, -0.05) is 46.5 Å². The van der Waals surface area contributed by atoms with Crippen molar-refractivity contribution < 1.29 is 24.5 Å². The van der Waals surface area contributed by atoms with Crippen LogP contribution in [0.15, 0.2) is 0 Å². The van der Waals surface area contributed by atoms with Gasteiger partial charge < -0.3 is 20.3 Å². The lowest BCUT2D eigenvalue weighted by molar-refractivity contribution is -0.170. The number of hydrogen-bond acceptors (Lipinski definition) is 5. The van der Waals surface area contributed by atoms with Crippen molar-refractivity contribution in [1.29, 1.82) is 0 Å². The van der Waals surface area contributed by atoms with Crippen molar-refractivity contribution >= 4 is 11.7 Å². The van der Waals surface area contributed by atoms with Crippen LogP contribution in [-0.4, -0.2) is 44.9 Å². The van der Waals surface area contributed by atoms with Crippen LogP contribution in [0.25, 0.3) is 0 Å². The van der Waals surface area contributed by atoms with Gasteiger partial charge in [0.25, 0.3) is 5.91 Å². The van der Waals surface area contributed by atoms with E-state index in [0.717, 1.165) is 25.7 Å². The summed E-state index contributed by atoms with van der Waals surface area (Å²) < 4.78 is 5.78. The van der Waals surface area contributed by atoms with Gasteiger partial charge in [0.05, 0.1) is 0 Å². The number of fused-ring (bicyclic) bond motifs is 1. The van der Waals surface area contributed by atoms with Crippen LogP contribution in [0, 0.1) is 5.92 Å². The van der Waals surface area contributed by atoms with Crippen molar-refractivity contribution in [3.63, 3.8) is 0 Å². The molecule has 0 aromatic heterocycles. The summed E-state index contributed by atoms with van der Waals surface area (Å²) in [5, 5.41) is 23.6. The van der Waals surface area contributed by atoms with E-state index in [1.54, 1.807) is 20.8 Å². The molecule has 0 aromatic rings. The average Bonchev–Trinajstić information content (AvgIpc) is 2.78. The van der Waals surface area contributed by atoms with Gasteiger partial charge in [-0.15, -0.1) is 0 Å². The van der Waals surface area contributed by atoms with Gasteiger partial charge in [0.2, 0.25) is 11.4 Å². The Morgan fingerprint density at radius 1 is 1.23 bits per heavy atom. The number of carbonyl (C=O) groups is 2. The summed E-state index contributed by atoms with van der Waals surface area (Å²) in [4.78, 5) is 24.8. The van der Waals surface area contributed by atoms with E-state index in [2.05, 4.69) is 12.2 Å². The Morgan fingerprint density at radius 3 is 2.41 bits per heavy atom. The number of rotatable bonds is 6. The molecule has 0 unspecified atom stereocenters. The summed E-state index contributed by atoms with van der Waals surface area (Å²) in [5.41, 5.74) is -5.25. The van der Waals surface area contributed by atoms with Crippen LogP contribution < -0.4 is 5.32 Å². The lowest BCUT2D eigenvalue weighted by Crippen LogP contribution is -2.55. The second-order valence-electron chi connectivity index (χ2n) is 7.07. The van der Waals surface area contributed by atoms with Crippen LogP contribution in [0.4, 0.5) is 0 Å². The number of unbranched alkanes of at least 4 members (excludes halogenated alkanes) is 3. The van der Waals surface area contributed by atoms with Gasteiger partial charge in [0.1, 0.15) is 5.60 Å². The van der Waals surface area contributed by atoms with E-state index in [-0.39, 0.29) is 0 Å². The molecule has 2 rings (SSSR count). The lowest BCUT2D eigenvalue weighted by atomic mass is 9.82. The number of aliphatic hydroxyl groups is 2.